The molecule has 2 N–H and O–H groups in total. The lowest BCUT2D eigenvalue weighted by Crippen LogP contribution is -2.23. The molecule has 20 heavy (non-hydrogen) atoms. The minimum absolute atomic E-state index is 0.0268. The van der Waals surface area contributed by atoms with Crippen molar-refractivity contribution in [1.29, 1.82) is 0 Å². The Bertz CT molecular complexity index is 723. The molecule has 0 saturated heterocycles. The Labute approximate surface area is 115 Å². The van der Waals surface area contributed by atoms with Gasteiger partial charge in [-0.3, -0.25) is 9.48 Å². The van der Waals surface area contributed by atoms with Crippen molar-refractivity contribution >= 4 is 5.69 Å². The van der Waals surface area contributed by atoms with Crippen LogP contribution in [-0.4, -0.2) is 9.36 Å². The number of benzene rings is 1. The summed E-state index contributed by atoms with van der Waals surface area (Å²) < 4.78 is 29.5. The average molecular weight is 281 g/mol. The molecule has 108 valence electrons. The van der Waals surface area contributed by atoms with Gasteiger partial charge in [0.05, 0.1) is 5.69 Å². The van der Waals surface area contributed by atoms with Crippen molar-refractivity contribution < 1.29 is 8.78 Å². The third-order valence-corrected chi connectivity index (χ3v) is 3.15. The summed E-state index contributed by atoms with van der Waals surface area (Å²) in [6.07, 6.45) is 0. The minimum atomic E-state index is -0.812. The summed E-state index contributed by atoms with van der Waals surface area (Å²) in [4.78, 5) is 12.3. The first-order chi connectivity index (χ1) is 9.14. The van der Waals surface area contributed by atoms with Crippen LogP contribution in [0.2, 0.25) is 0 Å². The predicted octanol–water partition coefficient (Wildman–Crippen LogP) is 2.33. The van der Waals surface area contributed by atoms with Crippen molar-refractivity contribution in [2.45, 2.75) is 26.2 Å². The van der Waals surface area contributed by atoms with Gasteiger partial charge in [0.2, 0.25) is 0 Å². The van der Waals surface area contributed by atoms with E-state index in [0.717, 1.165) is 16.8 Å². The molecule has 6 heteroatoms. The lowest BCUT2D eigenvalue weighted by molar-refractivity contribution is 0.491. The molecule has 0 radical (unpaired) electrons. The Morgan fingerprint density at radius 3 is 2.25 bits per heavy atom. The molecular weight excluding hydrogens is 264 g/mol. The van der Waals surface area contributed by atoms with Gasteiger partial charge in [-0.1, -0.05) is 20.8 Å². The van der Waals surface area contributed by atoms with Crippen molar-refractivity contribution in [3.05, 3.63) is 45.9 Å². The van der Waals surface area contributed by atoms with E-state index in [9.17, 15) is 13.6 Å². The number of hydrogen-bond donors (Lipinski definition) is 1. The van der Waals surface area contributed by atoms with Gasteiger partial charge in [-0.25, -0.2) is 13.5 Å². The summed E-state index contributed by atoms with van der Waals surface area (Å²) in [5.41, 5.74) is 5.62. The lowest BCUT2D eigenvalue weighted by atomic mass is 9.91. The molecule has 4 nitrogen and oxygen atoms in total. The number of aromatic nitrogens is 2. The van der Waals surface area contributed by atoms with E-state index in [2.05, 4.69) is 0 Å². The van der Waals surface area contributed by atoms with Gasteiger partial charge < -0.3 is 5.73 Å². The van der Waals surface area contributed by atoms with Crippen molar-refractivity contribution in [3.63, 3.8) is 0 Å². The summed E-state index contributed by atoms with van der Waals surface area (Å²) >= 11 is 0. The normalized spacial score (nSPS) is 11.9. The van der Waals surface area contributed by atoms with Gasteiger partial charge >= 0.3 is 0 Å². The van der Waals surface area contributed by atoms with Gasteiger partial charge in [-0.05, 0) is 12.1 Å². The van der Waals surface area contributed by atoms with Crippen LogP contribution in [0.3, 0.4) is 0 Å². The molecule has 0 aliphatic rings. The lowest BCUT2D eigenvalue weighted by Gasteiger charge is -2.21. The summed E-state index contributed by atoms with van der Waals surface area (Å²) in [5, 5.41) is 0. The third kappa shape index (κ3) is 2.11. The molecule has 0 fully saturated rings. The highest BCUT2D eigenvalue weighted by molar-refractivity contribution is 5.48. The van der Waals surface area contributed by atoms with Crippen molar-refractivity contribution in [2.24, 2.45) is 7.05 Å². The SMILES string of the molecule is Cn1c(C(C)(C)C)c(N)c(=O)n1-c1ccc(F)cc1F. The van der Waals surface area contributed by atoms with Gasteiger partial charge in [0.1, 0.15) is 17.2 Å². The number of anilines is 1. The first kappa shape index (κ1) is 14.3. The zero-order chi connectivity index (χ0) is 15.2. The van der Waals surface area contributed by atoms with E-state index in [1.807, 2.05) is 20.8 Å². The van der Waals surface area contributed by atoms with Crippen LogP contribution in [0.25, 0.3) is 5.69 Å². The van der Waals surface area contributed by atoms with E-state index >= 15 is 0 Å². The highest BCUT2D eigenvalue weighted by Crippen LogP contribution is 2.27. The van der Waals surface area contributed by atoms with Crippen LogP contribution in [0.15, 0.2) is 23.0 Å². The van der Waals surface area contributed by atoms with Gasteiger partial charge in [0, 0.05) is 18.5 Å². The minimum Gasteiger partial charge on any atom is -0.393 e. The summed E-state index contributed by atoms with van der Waals surface area (Å²) in [6.45, 7) is 5.72. The van der Waals surface area contributed by atoms with E-state index in [4.69, 9.17) is 5.73 Å². The van der Waals surface area contributed by atoms with Crippen LogP contribution in [0.1, 0.15) is 26.5 Å². The molecule has 2 aromatic rings. The van der Waals surface area contributed by atoms with Gasteiger partial charge in [-0.2, -0.15) is 0 Å². The summed E-state index contributed by atoms with van der Waals surface area (Å²) in [6, 6.07) is 3.06. The molecule has 1 aromatic heterocycles. The van der Waals surface area contributed by atoms with Gasteiger partial charge in [0.15, 0.2) is 5.82 Å². The maximum Gasteiger partial charge on any atom is 0.294 e. The average Bonchev–Trinajstić information content (AvgIpc) is 2.51. The van der Waals surface area contributed by atoms with E-state index in [1.54, 1.807) is 7.05 Å². The number of rotatable bonds is 1. The third-order valence-electron chi connectivity index (χ3n) is 3.15. The van der Waals surface area contributed by atoms with Crippen molar-refractivity contribution in [1.82, 2.24) is 9.36 Å². The first-order valence-corrected chi connectivity index (χ1v) is 6.18. The second kappa shape index (κ2) is 4.47. The monoisotopic (exact) mass is 281 g/mol. The number of nitrogens with two attached hydrogens (primary N) is 1. The second-order valence-electron chi connectivity index (χ2n) is 5.75. The molecule has 0 atom stereocenters. The number of nitrogens with zero attached hydrogens (tertiary/aromatic N) is 2. The molecule has 0 bridgehead atoms. The fourth-order valence-electron chi connectivity index (χ4n) is 2.44. The maximum absolute atomic E-state index is 13.9. The van der Waals surface area contributed by atoms with E-state index in [-0.39, 0.29) is 16.8 Å². The maximum atomic E-state index is 13.9. The first-order valence-electron chi connectivity index (χ1n) is 6.18. The fraction of sp³-hybridized carbons (Fsp3) is 0.357. The van der Waals surface area contributed by atoms with E-state index < -0.39 is 17.2 Å². The highest BCUT2D eigenvalue weighted by atomic mass is 19.1. The molecule has 2 rings (SSSR count). The Balaban J connectivity index is 2.80. The standard InChI is InChI=1S/C14H17F2N3O/c1-14(2,3)12-11(17)13(20)19(18(12)4)10-6-5-8(15)7-9(10)16/h5-7H,17H2,1-4H3. The summed E-state index contributed by atoms with van der Waals surface area (Å²) in [5.74, 6) is -1.51. The molecule has 0 spiro atoms. The van der Waals surface area contributed by atoms with Gasteiger partial charge in [0.25, 0.3) is 5.56 Å². The van der Waals surface area contributed by atoms with Crippen LogP contribution in [-0.2, 0) is 12.5 Å². The molecule has 0 amide bonds. The smallest absolute Gasteiger partial charge is 0.294 e. The highest BCUT2D eigenvalue weighted by Gasteiger charge is 2.27. The molecule has 0 aliphatic carbocycles. The molecule has 1 aromatic carbocycles. The number of hydrogen-bond acceptors (Lipinski definition) is 2. The molecular formula is C14H17F2N3O. The topological polar surface area (TPSA) is 52.9 Å². The number of nitrogen functional groups attached to an aromatic ring is 1. The van der Waals surface area contributed by atoms with Crippen LogP contribution in [0.5, 0.6) is 0 Å². The van der Waals surface area contributed by atoms with Crippen molar-refractivity contribution in [3.8, 4) is 5.69 Å². The zero-order valence-corrected chi connectivity index (χ0v) is 11.9. The second-order valence-corrected chi connectivity index (χ2v) is 5.75. The zero-order valence-electron chi connectivity index (χ0n) is 11.9. The van der Waals surface area contributed by atoms with Crippen LogP contribution in [0, 0.1) is 11.6 Å². The largest absolute Gasteiger partial charge is 0.393 e. The summed E-state index contributed by atoms with van der Waals surface area (Å²) in [7, 11) is 1.63. The van der Waals surface area contributed by atoms with Crippen LogP contribution in [0.4, 0.5) is 14.5 Å². The Kier molecular flexibility index (Phi) is 3.20. The molecule has 0 saturated carbocycles. The quantitative estimate of drug-likeness (QED) is 0.872. The molecule has 1 heterocycles. The molecule has 0 aliphatic heterocycles. The van der Waals surface area contributed by atoms with Gasteiger partial charge in [-0.15, -0.1) is 0 Å². The molecule has 0 unspecified atom stereocenters. The van der Waals surface area contributed by atoms with E-state index in [1.165, 1.54) is 10.7 Å². The Morgan fingerprint density at radius 1 is 1.20 bits per heavy atom. The van der Waals surface area contributed by atoms with Crippen molar-refractivity contribution in [2.75, 3.05) is 5.73 Å². The number of halogens is 2. The Morgan fingerprint density at radius 2 is 1.80 bits per heavy atom. The van der Waals surface area contributed by atoms with E-state index in [0.29, 0.717) is 5.69 Å². The Hall–Kier alpha value is -2.11. The van der Waals surface area contributed by atoms with Crippen LogP contribution < -0.4 is 11.3 Å². The van der Waals surface area contributed by atoms with Crippen LogP contribution >= 0.6 is 0 Å². The predicted molar refractivity (Wildman–Crippen MR) is 74.0 cm³/mol. The fourth-order valence-corrected chi connectivity index (χ4v) is 2.44.